The summed E-state index contributed by atoms with van der Waals surface area (Å²) in [7, 11) is 0. The smallest absolute Gasteiger partial charge is 0.0967 e. The molecule has 0 aliphatic carbocycles. The first-order valence-corrected chi connectivity index (χ1v) is 5.31. The molecular formula is C9H20Cl2O. The zero-order valence-corrected chi connectivity index (χ0v) is 9.95. The van der Waals surface area contributed by atoms with E-state index in [0.29, 0.717) is 11.8 Å². The van der Waals surface area contributed by atoms with Crippen LogP contribution in [0.15, 0.2) is 0 Å². The number of ether oxygens (including phenoxy) is 1. The first kappa shape index (κ1) is 15.0. The van der Waals surface area contributed by atoms with Crippen LogP contribution in [0.4, 0.5) is 0 Å². The molecule has 0 aromatic rings. The molecule has 0 saturated heterocycles. The Kier molecular flexibility index (Phi) is 14.5. The van der Waals surface area contributed by atoms with Gasteiger partial charge in [-0.25, -0.2) is 0 Å². The lowest BCUT2D eigenvalue weighted by atomic mass is 10.2. The zero-order valence-electron chi connectivity index (χ0n) is 8.44. The Labute approximate surface area is 86.4 Å². The van der Waals surface area contributed by atoms with Gasteiger partial charge in [0.15, 0.2) is 0 Å². The van der Waals surface area contributed by atoms with Crippen LogP contribution in [0.25, 0.3) is 0 Å². The van der Waals surface area contributed by atoms with Gasteiger partial charge in [-0.2, -0.15) is 0 Å². The van der Waals surface area contributed by atoms with Crippen molar-refractivity contribution in [3.63, 3.8) is 0 Å². The van der Waals surface area contributed by atoms with Crippen LogP contribution >= 0.6 is 23.2 Å². The highest BCUT2D eigenvalue weighted by Gasteiger charge is 1.95. The van der Waals surface area contributed by atoms with Crippen molar-refractivity contribution in [1.29, 1.82) is 0 Å². The summed E-state index contributed by atoms with van der Waals surface area (Å²) in [4.78, 5) is 0. The van der Waals surface area contributed by atoms with Gasteiger partial charge in [-0.15, -0.1) is 23.2 Å². The molecule has 3 heteroatoms. The summed E-state index contributed by atoms with van der Waals surface area (Å²) in [5.41, 5.74) is 0. The topological polar surface area (TPSA) is 9.23 Å². The van der Waals surface area contributed by atoms with Crippen LogP contribution in [-0.2, 0) is 4.74 Å². The molecule has 76 valence electrons. The molecule has 0 atom stereocenters. The number of hydrogen-bond donors (Lipinski definition) is 0. The lowest BCUT2D eigenvalue weighted by Gasteiger charge is -2.07. The highest BCUT2D eigenvalue weighted by molar-refractivity contribution is 6.40. The van der Waals surface area contributed by atoms with E-state index in [1.165, 1.54) is 0 Å². The summed E-state index contributed by atoms with van der Waals surface area (Å²) in [6.07, 6.45) is 0. The van der Waals surface area contributed by atoms with Crippen LogP contribution in [0.2, 0.25) is 0 Å². The SMILES string of the molecule is CC(C)COCC(C)C.ClCCl. The lowest BCUT2D eigenvalue weighted by molar-refractivity contribution is 0.0886. The average molecular weight is 215 g/mol. The molecular weight excluding hydrogens is 195 g/mol. The van der Waals surface area contributed by atoms with Crippen molar-refractivity contribution in [2.45, 2.75) is 27.7 Å². The molecule has 0 fully saturated rings. The molecule has 0 amide bonds. The maximum atomic E-state index is 5.36. The molecule has 0 N–H and O–H groups in total. The first-order chi connectivity index (χ1) is 5.54. The maximum Gasteiger partial charge on any atom is 0.0967 e. The van der Waals surface area contributed by atoms with E-state index in [4.69, 9.17) is 27.9 Å². The fourth-order valence-corrected chi connectivity index (χ4v) is 0.539. The van der Waals surface area contributed by atoms with Crippen molar-refractivity contribution >= 4 is 23.2 Å². The fraction of sp³-hybridized carbons (Fsp3) is 1.00. The highest BCUT2D eigenvalue weighted by atomic mass is 35.5. The van der Waals surface area contributed by atoms with Gasteiger partial charge in [-0.05, 0) is 11.8 Å². The number of rotatable bonds is 4. The Balaban J connectivity index is 0. The third-order valence-corrected chi connectivity index (χ3v) is 0.902. The van der Waals surface area contributed by atoms with E-state index in [1.54, 1.807) is 0 Å². The summed E-state index contributed by atoms with van der Waals surface area (Å²) < 4.78 is 5.36. The van der Waals surface area contributed by atoms with Gasteiger partial charge in [0.25, 0.3) is 0 Å². The summed E-state index contributed by atoms with van der Waals surface area (Å²) in [5, 5.41) is 0.194. The van der Waals surface area contributed by atoms with Gasteiger partial charge in [-0.3, -0.25) is 0 Å². The van der Waals surface area contributed by atoms with Gasteiger partial charge in [0.1, 0.15) is 0 Å². The van der Waals surface area contributed by atoms with Crippen LogP contribution in [0.3, 0.4) is 0 Å². The maximum absolute atomic E-state index is 5.36. The van der Waals surface area contributed by atoms with E-state index >= 15 is 0 Å². The molecule has 0 unspecified atom stereocenters. The van der Waals surface area contributed by atoms with Crippen LogP contribution < -0.4 is 0 Å². The van der Waals surface area contributed by atoms with Gasteiger partial charge in [-0.1, -0.05) is 27.7 Å². The Bertz CT molecular complexity index is 66.9. The zero-order chi connectivity index (χ0) is 9.98. The van der Waals surface area contributed by atoms with Crippen molar-refractivity contribution in [3.8, 4) is 0 Å². The quantitative estimate of drug-likeness (QED) is 0.649. The average Bonchev–Trinajstić information content (AvgIpc) is 1.87. The number of halogens is 2. The second-order valence-corrected chi connectivity index (χ2v) is 4.23. The monoisotopic (exact) mass is 214 g/mol. The van der Waals surface area contributed by atoms with Crippen molar-refractivity contribution in [3.05, 3.63) is 0 Å². The van der Waals surface area contributed by atoms with Gasteiger partial charge in [0.05, 0.1) is 5.34 Å². The summed E-state index contributed by atoms with van der Waals surface area (Å²) in [6, 6.07) is 0. The molecule has 0 heterocycles. The van der Waals surface area contributed by atoms with Crippen LogP contribution in [-0.4, -0.2) is 18.6 Å². The summed E-state index contributed by atoms with van der Waals surface area (Å²) >= 11 is 9.53. The molecule has 0 radical (unpaired) electrons. The van der Waals surface area contributed by atoms with Crippen molar-refractivity contribution in [2.24, 2.45) is 11.8 Å². The molecule has 0 saturated carbocycles. The Morgan fingerprint density at radius 3 is 1.33 bits per heavy atom. The van der Waals surface area contributed by atoms with E-state index in [9.17, 15) is 0 Å². The van der Waals surface area contributed by atoms with Crippen LogP contribution in [0, 0.1) is 11.8 Å². The molecule has 0 aliphatic heterocycles. The third kappa shape index (κ3) is 22.4. The van der Waals surface area contributed by atoms with E-state index in [2.05, 4.69) is 27.7 Å². The first-order valence-electron chi connectivity index (χ1n) is 4.24. The molecule has 0 aromatic carbocycles. The fourth-order valence-electron chi connectivity index (χ4n) is 0.539. The predicted octanol–water partition coefficient (Wildman–Crippen LogP) is 3.74. The standard InChI is InChI=1S/C8H18O.CH2Cl2/c1-7(2)5-9-6-8(3)4;2-1-3/h7-8H,5-6H2,1-4H3;1H2. The predicted molar refractivity (Wildman–Crippen MR) is 57.1 cm³/mol. The molecule has 0 bridgehead atoms. The highest BCUT2D eigenvalue weighted by Crippen LogP contribution is 1.96. The molecule has 1 nitrogen and oxygen atoms in total. The van der Waals surface area contributed by atoms with E-state index in [1.807, 2.05) is 0 Å². The second-order valence-electron chi connectivity index (χ2n) is 3.43. The molecule has 0 spiro atoms. The number of alkyl halides is 2. The van der Waals surface area contributed by atoms with Gasteiger partial charge < -0.3 is 4.74 Å². The largest absolute Gasteiger partial charge is 0.381 e. The molecule has 0 aliphatic rings. The van der Waals surface area contributed by atoms with E-state index < -0.39 is 0 Å². The Morgan fingerprint density at radius 1 is 0.917 bits per heavy atom. The minimum atomic E-state index is 0.194. The van der Waals surface area contributed by atoms with Crippen LogP contribution in [0.5, 0.6) is 0 Å². The Morgan fingerprint density at radius 2 is 1.17 bits per heavy atom. The van der Waals surface area contributed by atoms with Crippen molar-refractivity contribution in [2.75, 3.05) is 18.6 Å². The summed E-state index contributed by atoms with van der Waals surface area (Å²) in [5.74, 6) is 1.34. The third-order valence-electron chi connectivity index (χ3n) is 0.902. The second kappa shape index (κ2) is 11.5. The summed E-state index contributed by atoms with van der Waals surface area (Å²) in [6.45, 7) is 10.5. The lowest BCUT2D eigenvalue weighted by Crippen LogP contribution is -2.06. The molecule has 0 aromatic heterocycles. The number of hydrogen-bond acceptors (Lipinski definition) is 1. The van der Waals surface area contributed by atoms with Crippen molar-refractivity contribution < 1.29 is 4.74 Å². The van der Waals surface area contributed by atoms with Gasteiger partial charge in [0.2, 0.25) is 0 Å². The molecule has 12 heavy (non-hydrogen) atoms. The Hall–Kier alpha value is 0.540. The van der Waals surface area contributed by atoms with Crippen LogP contribution in [0.1, 0.15) is 27.7 Å². The van der Waals surface area contributed by atoms with Crippen molar-refractivity contribution in [1.82, 2.24) is 0 Å². The van der Waals surface area contributed by atoms with E-state index in [-0.39, 0.29) is 5.34 Å². The normalized spacial score (nSPS) is 10.0. The molecule has 0 rings (SSSR count). The minimum Gasteiger partial charge on any atom is -0.381 e. The van der Waals surface area contributed by atoms with Gasteiger partial charge >= 0.3 is 0 Å². The van der Waals surface area contributed by atoms with E-state index in [0.717, 1.165) is 13.2 Å². The minimum absolute atomic E-state index is 0.194. The van der Waals surface area contributed by atoms with Gasteiger partial charge in [0, 0.05) is 13.2 Å².